The fourth-order valence-electron chi connectivity index (χ4n) is 1.50. The van der Waals surface area contributed by atoms with Gasteiger partial charge in [-0.25, -0.2) is 9.18 Å². The maximum Gasteiger partial charge on any atom is 0.338 e. The van der Waals surface area contributed by atoms with Crippen LogP contribution in [0.3, 0.4) is 0 Å². The van der Waals surface area contributed by atoms with E-state index in [9.17, 15) is 9.18 Å². The van der Waals surface area contributed by atoms with Crippen molar-refractivity contribution in [1.82, 2.24) is 0 Å². The molecule has 0 aromatic heterocycles. The molecular formula is C14H11ClFNO2. The number of rotatable bonds is 3. The van der Waals surface area contributed by atoms with Crippen molar-refractivity contribution in [2.45, 2.75) is 6.61 Å². The summed E-state index contributed by atoms with van der Waals surface area (Å²) in [6.45, 7) is 0.0322. The smallest absolute Gasteiger partial charge is 0.338 e. The van der Waals surface area contributed by atoms with E-state index in [0.29, 0.717) is 10.6 Å². The Morgan fingerprint density at radius 2 is 2.00 bits per heavy atom. The van der Waals surface area contributed by atoms with E-state index in [1.54, 1.807) is 24.3 Å². The molecule has 5 heteroatoms. The van der Waals surface area contributed by atoms with Gasteiger partial charge in [0.25, 0.3) is 0 Å². The summed E-state index contributed by atoms with van der Waals surface area (Å²) in [5.74, 6) is -1.27. The van der Waals surface area contributed by atoms with Crippen LogP contribution in [0.15, 0.2) is 42.5 Å². The van der Waals surface area contributed by atoms with Crippen molar-refractivity contribution in [3.8, 4) is 0 Å². The molecule has 2 aromatic rings. The maximum atomic E-state index is 13.2. The van der Waals surface area contributed by atoms with E-state index in [1.165, 1.54) is 12.1 Å². The quantitative estimate of drug-likeness (QED) is 0.692. The summed E-state index contributed by atoms with van der Waals surface area (Å²) in [5, 5.41) is 0.513. The predicted octanol–water partition coefficient (Wildman–Crippen LogP) is 3.42. The van der Waals surface area contributed by atoms with Crippen LogP contribution >= 0.6 is 11.6 Å². The first-order chi connectivity index (χ1) is 9.08. The average molecular weight is 280 g/mol. The number of nitrogen functional groups attached to an aromatic ring is 1. The number of esters is 1. The highest BCUT2D eigenvalue weighted by Crippen LogP contribution is 2.17. The van der Waals surface area contributed by atoms with Crippen molar-refractivity contribution in [3.05, 3.63) is 64.4 Å². The van der Waals surface area contributed by atoms with Gasteiger partial charge in [0.15, 0.2) is 0 Å². The molecule has 98 valence electrons. The van der Waals surface area contributed by atoms with E-state index in [4.69, 9.17) is 22.1 Å². The molecule has 3 nitrogen and oxygen atoms in total. The molecule has 0 saturated heterocycles. The highest BCUT2D eigenvalue weighted by Gasteiger charge is 2.10. The second-order valence-corrected chi connectivity index (χ2v) is 4.31. The van der Waals surface area contributed by atoms with E-state index in [1.807, 2.05) is 0 Å². The minimum Gasteiger partial charge on any atom is -0.457 e. The van der Waals surface area contributed by atoms with Crippen LogP contribution in [-0.2, 0) is 11.3 Å². The highest BCUT2D eigenvalue weighted by molar-refractivity contribution is 6.31. The van der Waals surface area contributed by atoms with Gasteiger partial charge in [0.05, 0.1) is 11.3 Å². The van der Waals surface area contributed by atoms with Crippen molar-refractivity contribution in [2.75, 3.05) is 5.73 Å². The van der Waals surface area contributed by atoms with Crippen LogP contribution in [0.25, 0.3) is 0 Å². The van der Waals surface area contributed by atoms with Crippen molar-refractivity contribution < 1.29 is 13.9 Å². The van der Waals surface area contributed by atoms with E-state index in [-0.39, 0.29) is 17.9 Å². The summed E-state index contributed by atoms with van der Waals surface area (Å²) in [6.07, 6.45) is 0. The summed E-state index contributed by atoms with van der Waals surface area (Å²) in [6, 6.07) is 10.8. The molecule has 2 rings (SSSR count). The molecule has 0 atom stereocenters. The normalized spacial score (nSPS) is 10.2. The Morgan fingerprint density at radius 1 is 1.26 bits per heavy atom. The van der Waals surface area contributed by atoms with Crippen LogP contribution < -0.4 is 5.73 Å². The second kappa shape index (κ2) is 5.71. The summed E-state index contributed by atoms with van der Waals surface area (Å²) in [7, 11) is 0. The molecule has 0 saturated carbocycles. The molecule has 0 radical (unpaired) electrons. The molecule has 0 aliphatic rings. The lowest BCUT2D eigenvalue weighted by Gasteiger charge is -2.07. The van der Waals surface area contributed by atoms with E-state index in [0.717, 1.165) is 6.07 Å². The van der Waals surface area contributed by atoms with Crippen LogP contribution in [0, 0.1) is 5.82 Å². The van der Waals surface area contributed by atoms with Crippen LogP contribution in [0.1, 0.15) is 15.9 Å². The minimum atomic E-state index is -0.646. The van der Waals surface area contributed by atoms with Crippen LogP contribution in [0.4, 0.5) is 10.1 Å². The van der Waals surface area contributed by atoms with Crippen LogP contribution in [-0.4, -0.2) is 5.97 Å². The fourth-order valence-corrected chi connectivity index (χ4v) is 1.69. The Morgan fingerprint density at radius 3 is 2.68 bits per heavy atom. The first kappa shape index (κ1) is 13.4. The second-order valence-electron chi connectivity index (χ2n) is 3.90. The van der Waals surface area contributed by atoms with Gasteiger partial charge in [-0.15, -0.1) is 0 Å². The van der Waals surface area contributed by atoms with E-state index >= 15 is 0 Å². The Balaban J connectivity index is 2.05. The Kier molecular flexibility index (Phi) is 4.02. The highest BCUT2D eigenvalue weighted by atomic mass is 35.5. The summed E-state index contributed by atoms with van der Waals surface area (Å²) in [5.41, 5.74) is 6.12. The van der Waals surface area contributed by atoms with Gasteiger partial charge in [0.2, 0.25) is 0 Å². The van der Waals surface area contributed by atoms with Gasteiger partial charge in [-0.1, -0.05) is 29.8 Å². The first-order valence-electron chi connectivity index (χ1n) is 5.53. The molecule has 0 unspecified atom stereocenters. The average Bonchev–Trinajstić information content (AvgIpc) is 2.40. The number of anilines is 1. The monoisotopic (exact) mass is 279 g/mol. The van der Waals surface area contributed by atoms with E-state index in [2.05, 4.69) is 0 Å². The number of benzene rings is 2. The maximum absolute atomic E-state index is 13.2. The third-order valence-corrected chi connectivity index (χ3v) is 2.92. The third kappa shape index (κ3) is 3.23. The Bertz CT molecular complexity index is 616. The van der Waals surface area contributed by atoms with Gasteiger partial charge < -0.3 is 10.5 Å². The largest absolute Gasteiger partial charge is 0.457 e. The molecule has 0 fully saturated rings. The zero-order valence-electron chi connectivity index (χ0n) is 9.90. The number of hydrogen-bond acceptors (Lipinski definition) is 3. The molecule has 0 aliphatic carbocycles. The fraction of sp³-hybridized carbons (Fsp3) is 0.0714. The number of carbonyl (C=O) groups excluding carboxylic acids is 1. The Labute approximate surface area is 114 Å². The Hall–Kier alpha value is -2.07. The zero-order chi connectivity index (χ0) is 13.8. The molecule has 0 aliphatic heterocycles. The predicted molar refractivity (Wildman–Crippen MR) is 71.4 cm³/mol. The molecule has 0 amide bonds. The van der Waals surface area contributed by atoms with E-state index < -0.39 is 11.8 Å². The van der Waals surface area contributed by atoms with Gasteiger partial charge in [0.1, 0.15) is 12.4 Å². The topological polar surface area (TPSA) is 52.3 Å². The third-order valence-electron chi connectivity index (χ3n) is 2.55. The SMILES string of the molecule is Nc1ccc(C(=O)OCc2ccccc2Cl)cc1F. The van der Waals surface area contributed by atoms with Gasteiger partial charge >= 0.3 is 5.97 Å². The molecule has 0 bridgehead atoms. The number of ether oxygens (including phenoxy) is 1. The summed E-state index contributed by atoms with van der Waals surface area (Å²) < 4.78 is 18.3. The van der Waals surface area contributed by atoms with Crippen molar-refractivity contribution >= 4 is 23.3 Å². The number of hydrogen-bond donors (Lipinski definition) is 1. The lowest BCUT2D eigenvalue weighted by Crippen LogP contribution is -2.06. The standard InChI is InChI=1S/C14H11ClFNO2/c15-11-4-2-1-3-10(11)8-19-14(18)9-5-6-13(17)12(16)7-9/h1-7H,8,17H2. The molecule has 2 N–H and O–H groups in total. The van der Waals surface area contributed by atoms with Crippen molar-refractivity contribution in [3.63, 3.8) is 0 Å². The summed E-state index contributed by atoms with van der Waals surface area (Å²) in [4.78, 5) is 11.7. The zero-order valence-corrected chi connectivity index (χ0v) is 10.7. The summed E-state index contributed by atoms with van der Waals surface area (Å²) >= 11 is 5.93. The lowest BCUT2D eigenvalue weighted by atomic mass is 10.2. The van der Waals surface area contributed by atoms with Gasteiger partial charge in [-0.3, -0.25) is 0 Å². The minimum absolute atomic E-state index is 0.0114. The first-order valence-corrected chi connectivity index (χ1v) is 5.91. The van der Waals surface area contributed by atoms with Crippen molar-refractivity contribution in [1.29, 1.82) is 0 Å². The number of nitrogens with two attached hydrogens (primary N) is 1. The van der Waals surface area contributed by atoms with Crippen molar-refractivity contribution in [2.24, 2.45) is 0 Å². The van der Waals surface area contributed by atoms with Gasteiger partial charge in [-0.05, 0) is 24.3 Å². The van der Waals surface area contributed by atoms with Gasteiger partial charge in [0, 0.05) is 10.6 Å². The van der Waals surface area contributed by atoms with Crippen LogP contribution in [0.2, 0.25) is 5.02 Å². The molecular weight excluding hydrogens is 269 g/mol. The molecule has 19 heavy (non-hydrogen) atoms. The van der Waals surface area contributed by atoms with Crippen LogP contribution in [0.5, 0.6) is 0 Å². The molecule has 0 spiro atoms. The lowest BCUT2D eigenvalue weighted by molar-refractivity contribution is 0.0472. The van der Waals surface area contributed by atoms with Gasteiger partial charge in [-0.2, -0.15) is 0 Å². The molecule has 2 aromatic carbocycles. The number of carbonyl (C=O) groups is 1. The number of halogens is 2. The molecule has 0 heterocycles.